The summed E-state index contributed by atoms with van der Waals surface area (Å²) < 4.78 is 1.83. The van der Waals surface area contributed by atoms with Crippen LogP contribution in [0.5, 0.6) is 0 Å². The third-order valence-electron chi connectivity index (χ3n) is 4.31. The maximum atomic E-state index is 12.3. The SMILES string of the molecule is CC1NCCCC1NC(=O)Cn1ccc(=O)c2ccccc21.Cl. The number of pyridine rings is 1. The first-order valence-electron chi connectivity index (χ1n) is 7.76. The van der Waals surface area contributed by atoms with E-state index in [9.17, 15) is 9.59 Å². The van der Waals surface area contributed by atoms with Crippen molar-refractivity contribution < 1.29 is 4.79 Å². The Bertz CT molecular complexity index is 744. The van der Waals surface area contributed by atoms with Crippen LogP contribution in [0.15, 0.2) is 41.3 Å². The lowest BCUT2D eigenvalue weighted by Gasteiger charge is -2.30. The molecule has 1 amide bonds. The van der Waals surface area contributed by atoms with Gasteiger partial charge in [-0.25, -0.2) is 0 Å². The van der Waals surface area contributed by atoms with Crippen LogP contribution in [0, 0.1) is 0 Å². The molecule has 0 saturated carbocycles. The highest BCUT2D eigenvalue weighted by molar-refractivity contribution is 5.85. The number of aromatic nitrogens is 1. The Hall–Kier alpha value is -1.85. The maximum Gasteiger partial charge on any atom is 0.240 e. The predicted molar refractivity (Wildman–Crippen MR) is 94.1 cm³/mol. The first-order chi connectivity index (χ1) is 10.6. The summed E-state index contributed by atoms with van der Waals surface area (Å²) in [6, 6.07) is 9.36. The predicted octanol–water partition coefficient (Wildman–Crippen LogP) is 1.68. The second kappa shape index (κ2) is 7.62. The van der Waals surface area contributed by atoms with Crippen LogP contribution < -0.4 is 16.1 Å². The summed E-state index contributed by atoms with van der Waals surface area (Å²) in [6.07, 6.45) is 3.77. The van der Waals surface area contributed by atoms with Crippen molar-refractivity contribution in [3.05, 3.63) is 46.8 Å². The summed E-state index contributed by atoms with van der Waals surface area (Å²) in [5.41, 5.74) is 0.775. The Morgan fingerprint density at radius 2 is 2.13 bits per heavy atom. The van der Waals surface area contributed by atoms with Crippen molar-refractivity contribution in [3.8, 4) is 0 Å². The zero-order valence-electron chi connectivity index (χ0n) is 13.1. The molecule has 2 aromatic rings. The first-order valence-corrected chi connectivity index (χ1v) is 7.76. The molecule has 1 aliphatic heterocycles. The number of fused-ring (bicyclic) bond motifs is 1. The van der Waals surface area contributed by atoms with Crippen LogP contribution in [0.1, 0.15) is 19.8 Å². The van der Waals surface area contributed by atoms with Gasteiger partial charge in [0.05, 0.1) is 5.52 Å². The molecule has 5 nitrogen and oxygen atoms in total. The molecule has 2 atom stereocenters. The summed E-state index contributed by atoms with van der Waals surface area (Å²) in [5, 5.41) is 7.12. The molecule has 1 aromatic carbocycles. The number of benzene rings is 1. The molecule has 6 heteroatoms. The fourth-order valence-electron chi connectivity index (χ4n) is 3.05. The van der Waals surface area contributed by atoms with Crippen LogP contribution in [-0.4, -0.2) is 29.1 Å². The Balaban J connectivity index is 0.00000192. The minimum Gasteiger partial charge on any atom is -0.350 e. The van der Waals surface area contributed by atoms with Gasteiger partial charge in [-0.1, -0.05) is 12.1 Å². The average molecular weight is 336 g/mol. The minimum absolute atomic E-state index is 0. The number of hydrogen-bond acceptors (Lipinski definition) is 3. The van der Waals surface area contributed by atoms with E-state index in [1.54, 1.807) is 12.3 Å². The number of nitrogens with zero attached hydrogens (tertiary/aromatic N) is 1. The highest BCUT2D eigenvalue weighted by atomic mass is 35.5. The van der Waals surface area contributed by atoms with Gasteiger partial charge < -0.3 is 15.2 Å². The molecule has 124 valence electrons. The zero-order valence-corrected chi connectivity index (χ0v) is 13.9. The number of nitrogens with one attached hydrogen (secondary N) is 2. The summed E-state index contributed by atoms with van der Waals surface area (Å²) in [5.74, 6) is -0.0191. The van der Waals surface area contributed by atoms with Crippen LogP contribution in [0.2, 0.25) is 0 Å². The Kier molecular flexibility index (Phi) is 5.80. The van der Waals surface area contributed by atoms with E-state index in [2.05, 4.69) is 17.6 Å². The number of carbonyl (C=O) groups is 1. The summed E-state index contributed by atoms with van der Waals surface area (Å²) in [7, 11) is 0. The lowest BCUT2D eigenvalue weighted by molar-refractivity contribution is -0.122. The highest BCUT2D eigenvalue weighted by Crippen LogP contribution is 2.11. The summed E-state index contributed by atoms with van der Waals surface area (Å²) in [6.45, 7) is 3.33. The van der Waals surface area contributed by atoms with Crippen LogP contribution in [-0.2, 0) is 11.3 Å². The zero-order chi connectivity index (χ0) is 15.5. The molecule has 0 radical (unpaired) electrons. The topological polar surface area (TPSA) is 63.1 Å². The van der Waals surface area contributed by atoms with Crippen LogP contribution in [0.25, 0.3) is 10.9 Å². The van der Waals surface area contributed by atoms with Crippen molar-refractivity contribution in [2.24, 2.45) is 0 Å². The number of carbonyl (C=O) groups excluding carboxylic acids is 1. The highest BCUT2D eigenvalue weighted by Gasteiger charge is 2.22. The van der Waals surface area contributed by atoms with E-state index in [0.717, 1.165) is 24.9 Å². The number of halogens is 1. The molecule has 1 aromatic heterocycles. The van der Waals surface area contributed by atoms with E-state index < -0.39 is 0 Å². The smallest absolute Gasteiger partial charge is 0.240 e. The van der Waals surface area contributed by atoms with Crippen LogP contribution >= 0.6 is 12.4 Å². The molecule has 23 heavy (non-hydrogen) atoms. The van der Waals surface area contributed by atoms with Gasteiger partial charge in [-0.2, -0.15) is 0 Å². The Morgan fingerprint density at radius 3 is 2.91 bits per heavy atom. The molecule has 2 heterocycles. The molecule has 1 aliphatic rings. The van der Waals surface area contributed by atoms with Gasteiger partial charge >= 0.3 is 0 Å². The van der Waals surface area contributed by atoms with E-state index in [4.69, 9.17) is 0 Å². The van der Waals surface area contributed by atoms with Gasteiger partial charge in [-0.3, -0.25) is 9.59 Å². The summed E-state index contributed by atoms with van der Waals surface area (Å²) >= 11 is 0. The van der Waals surface area contributed by atoms with E-state index in [1.165, 1.54) is 6.07 Å². The number of rotatable bonds is 3. The van der Waals surface area contributed by atoms with Crippen molar-refractivity contribution in [1.29, 1.82) is 0 Å². The van der Waals surface area contributed by atoms with Gasteiger partial charge in [0.15, 0.2) is 5.43 Å². The molecule has 0 spiro atoms. The van der Waals surface area contributed by atoms with Crippen molar-refractivity contribution >= 4 is 29.2 Å². The third kappa shape index (κ3) is 3.92. The lowest BCUT2D eigenvalue weighted by Crippen LogP contribution is -2.52. The molecule has 1 saturated heterocycles. The summed E-state index contributed by atoms with van der Waals surface area (Å²) in [4.78, 5) is 24.2. The largest absolute Gasteiger partial charge is 0.350 e. The van der Waals surface area contributed by atoms with Gasteiger partial charge in [0.1, 0.15) is 6.54 Å². The van der Waals surface area contributed by atoms with E-state index in [-0.39, 0.29) is 36.3 Å². The van der Waals surface area contributed by atoms with Crippen LogP contribution in [0.4, 0.5) is 0 Å². The van der Waals surface area contributed by atoms with Gasteiger partial charge in [-0.15, -0.1) is 12.4 Å². The number of amides is 1. The number of piperidine rings is 1. The molecule has 2 N–H and O–H groups in total. The Labute approximate surface area is 141 Å². The lowest BCUT2D eigenvalue weighted by atomic mass is 10.00. The molecule has 1 fully saturated rings. The van der Waals surface area contributed by atoms with Gasteiger partial charge in [0.2, 0.25) is 5.91 Å². The fourth-order valence-corrected chi connectivity index (χ4v) is 3.05. The molecule has 2 unspecified atom stereocenters. The van der Waals surface area contributed by atoms with E-state index in [0.29, 0.717) is 11.4 Å². The number of para-hydroxylation sites is 1. The molecular formula is C17H22ClN3O2. The maximum absolute atomic E-state index is 12.3. The van der Waals surface area contributed by atoms with Crippen LogP contribution in [0.3, 0.4) is 0 Å². The van der Waals surface area contributed by atoms with Gasteiger partial charge in [0.25, 0.3) is 0 Å². The monoisotopic (exact) mass is 335 g/mol. The molecular weight excluding hydrogens is 314 g/mol. The standard InChI is InChI=1S/C17H21N3O2.ClH/c1-12-14(6-4-9-18-12)19-17(22)11-20-10-8-16(21)13-5-2-3-7-15(13)20;/h2-3,5,7-8,10,12,14,18H,4,6,9,11H2,1H3,(H,19,22);1H. The third-order valence-corrected chi connectivity index (χ3v) is 4.31. The minimum atomic E-state index is -0.0191. The molecule has 0 bridgehead atoms. The second-order valence-electron chi connectivity index (χ2n) is 5.88. The van der Waals surface area contributed by atoms with Crippen molar-refractivity contribution in [2.45, 2.75) is 38.4 Å². The Morgan fingerprint density at radius 1 is 1.35 bits per heavy atom. The van der Waals surface area contributed by atoms with Crippen molar-refractivity contribution in [2.75, 3.05) is 6.54 Å². The normalized spacial score (nSPS) is 20.7. The van der Waals surface area contributed by atoms with Crippen molar-refractivity contribution in [3.63, 3.8) is 0 Å². The van der Waals surface area contributed by atoms with Gasteiger partial charge in [-0.05, 0) is 38.4 Å². The van der Waals surface area contributed by atoms with Crippen molar-refractivity contribution in [1.82, 2.24) is 15.2 Å². The average Bonchev–Trinajstić information content (AvgIpc) is 2.53. The second-order valence-corrected chi connectivity index (χ2v) is 5.88. The number of hydrogen-bond donors (Lipinski definition) is 2. The van der Waals surface area contributed by atoms with Gasteiger partial charge in [0, 0.05) is 29.7 Å². The fraction of sp³-hybridized carbons (Fsp3) is 0.412. The van der Waals surface area contributed by atoms with E-state index in [1.807, 2.05) is 22.8 Å². The van der Waals surface area contributed by atoms with E-state index >= 15 is 0 Å². The first kappa shape index (κ1) is 17.5. The molecule has 0 aliphatic carbocycles. The quantitative estimate of drug-likeness (QED) is 0.897. The molecule has 3 rings (SSSR count).